The second-order valence-electron chi connectivity index (χ2n) is 19.0. The topological polar surface area (TPSA) is 375 Å². The van der Waals surface area contributed by atoms with Gasteiger partial charge in [-0.1, -0.05) is 82.3 Å². The minimum absolute atomic E-state index is 0.0158. The number of unbranched alkanes of at least 4 members (excludes halogenated alkanes) is 1. The number of nitrogens with one attached hydrogen (secondary N) is 8. The van der Waals surface area contributed by atoms with E-state index in [1.54, 1.807) is 54.7 Å². The van der Waals surface area contributed by atoms with Crippen molar-refractivity contribution >= 4 is 79.7 Å². The van der Waals surface area contributed by atoms with E-state index in [4.69, 9.17) is 17.2 Å². The fraction of sp³-hybridized carbons (Fsp3) is 0.451. The van der Waals surface area contributed by atoms with Crippen LogP contribution in [-0.4, -0.2) is 145 Å². The van der Waals surface area contributed by atoms with Crippen molar-refractivity contribution in [2.75, 3.05) is 12.3 Å². The van der Waals surface area contributed by atoms with Crippen molar-refractivity contribution in [2.24, 2.45) is 17.2 Å². The summed E-state index contributed by atoms with van der Waals surface area (Å²) in [5.74, 6) is -7.63. The largest absolute Gasteiger partial charge is 0.508 e. The summed E-state index contributed by atoms with van der Waals surface area (Å²) in [5, 5.41) is 50.7. The number of aromatic nitrogens is 1. The molecule has 0 bridgehead atoms. The predicted octanol–water partition coefficient (Wildman–Crippen LogP) is -0.828. The van der Waals surface area contributed by atoms with Gasteiger partial charge in [0.2, 0.25) is 47.3 Å². The van der Waals surface area contributed by atoms with Crippen LogP contribution < -0.4 is 54.4 Å². The Morgan fingerprint density at radius 3 is 2.01 bits per heavy atom. The number of phenolic OH excluding ortho intramolecular Hbond substituents is 1. The number of fused-ring (bicyclic) bond motifs is 1. The van der Waals surface area contributed by atoms with Crippen molar-refractivity contribution in [1.82, 2.24) is 42.2 Å². The van der Waals surface area contributed by atoms with Gasteiger partial charge in [0.1, 0.15) is 48.0 Å². The van der Waals surface area contributed by atoms with E-state index in [0.29, 0.717) is 24.0 Å². The van der Waals surface area contributed by atoms with Gasteiger partial charge < -0.3 is 74.7 Å². The molecule has 75 heavy (non-hydrogen) atoms. The Hall–Kier alpha value is -6.70. The van der Waals surface area contributed by atoms with E-state index in [0.717, 1.165) is 38.1 Å². The molecule has 0 spiro atoms. The van der Waals surface area contributed by atoms with Crippen LogP contribution in [0, 0.1) is 0 Å². The number of carbonyl (C=O) groups is 8. The molecule has 4 aromatic rings. The van der Waals surface area contributed by atoms with E-state index in [2.05, 4.69) is 42.2 Å². The minimum Gasteiger partial charge on any atom is -0.508 e. The van der Waals surface area contributed by atoms with Crippen LogP contribution in [0.5, 0.6) is 5.75 Å². The molecule has 406 valence electrons. The number of amides is 8. The summed E-state index contributed by atoms with van der Waals surface area (Å²) in [7, 11) is 1.95. The smallest absolute Gasteiger partial charge is 0.245 e. The van der Waals surface area contributed by atoms with Gasteiger partial charge in [-0.3, -0.25) is 38.4 Å². The molecule has 1 aliphatic rings. The summed E-state index contributed by atoms with van der Waals surface area (Å²) in [6.07, 6.45) is -0.902. The van der Waals surface area contributed by atoms with E-state index >= 15 is 0 Å². The van der Waals surface area contributed by atoms with Crippen LogP contribution in [0.15, 0.2) is 85.1 Å². The van der Waals surface area contributed by atoms with Crippen LogP contribution in [0.1, 0.15) is 63.6 Å². The van der Waals surface area contributed by atoms with E-state index in [1.165, 1.54) is 39.8 Å². The number of aliphatic hydroxyl groups excluding tert-OH is 2. The first-order chi connectivity index (χ1) is 35.6. The second kappa shape index (κ2) is 27.7. The van der Waals surface area contributed by atoms with Crippen LogP contribution in [0.25, 0.3) is 10.9 Å². The van der Waals surface area contributed by atoms with Gasteiger partial charge in [-0.25, -0.2) is 0 Å². The molecule has 4 unspecified atom stereocenters. The zero-order valence-corrected chi connectivity index (χ0v) is 43.8. The molecule has 1 saturated heterocycles. The molecule has 24 heteroatoms. The molecule has 2 heterocycles. The second-order valence-corrected chi connectivity index (χ2v) is 22.0. The summed E-state index contributed by atoms with van der Waals surface area (Å²) in [6.45, 7) is 5.75. The van der Waals surface area contributed by atoms with Crippen molar-refractivity contribution < 1.29 is 53.7 Å². The van der Waals surface area contributed by atoms with Crippen LogP contribution in [0.3, 0.4) is 0 Å². The Morgan fingerprint density at radius 2 is 1.37 bits per heavy atom. The molecule has 1 aliphatic heterocycles. The number of benzene rings is 3. The Morgan fingerprint density at radius 1 is 0.760 bits per heavy atom. The lowest BCUT2D eigenvalue weighted by atomic mass is 9.99. The highest BCUT2D eigenvalue weighted by Crippen LogP contribution is 2.39. The van der Waals surface area contributed by atoms with E-state index in [1.807, 2.05) is 18.2 Å². The number of primary amides is 1. The third-order valence-corrected chi connectivity index (χ3v) is 15.8. The van der Waals surface area contributed by atoms with Crippen molar-refractivity contribution in [3.63, 3.8) is 0 Å². The standard InChI is InChI=1S/C51H69N11O11S2/c1-27(63)40(43(54)66)60-50(73)42-51(3,4)75-74-26-39(59-44(67)34(53)22-29-12-6-5-7-13-29)48(71)57-37(23-30-17-19-32(65)20-18-30)46(69)58-38(24-31-25-55-35-15-9-8-14-33(31)35)47(70)56-36(16-10-11-21-52)45(68)61-41(28(2)64)49(72)62-42/h5-9,12-15,17-20,25,27-28,34,36-42,55,63-65H,10-11,16,21-24,26,52-53H2,1-4H3,(H2,54,66)(H,56,70)(H,57,71)(H,58,69)(H,59,67)(H,60,73)(H,61,68)(H,62,72)/t27-,28-,34-,36?,37?,38-,39?,40+,41+,42?/m1/s1. The lowest BCUT2D eigenvalue weighted by molar-refractivity contribution is -0.137. The first kappa shape index (κ1) is 59.2. The molecular formula is C51H69N11O11S2. The molecule has 0 radical (unpaired) electrons. The van der Waals surface area contributed by atoms with Crippen LogP contribution in [0.4, 0.5) is 0 Å². The van der Waals surface area contributed by atoms with Crippen LogP contribution in [-0.2, 0) is 57.6 Å². The molecule has 10 atom stereocenters. The maximum Gasteiger partial charge on any atom is 0.245 e. The maximum atomic E-state index is 14.8. The average Bonchev–Trinajstić information content (AvgIpc) is 3.77. The van der Waals surface area contributed by atoms with Crippen LogP contribution in [0.2, 0.25) is 0 Å². The van der Waals surface area contributed by atoms with Gasteiger partial charge in [0, 0.05) is 40.4 Å². The number of aromatic hydroxyl groups is 1. The number of H-pyrrole nitrogens is 1. The molecule has 1 fully saturated rings. The molecule has 22 nitrogen and oxygen atoms in total. The molecule has 1 aromatic heterocycles. The highest BCUT2D eigenvalue weighted by molar-refractivity contribution is 8.77. The van der Waals surface area contributed by atoms with Crippen molar-refractivity contribution in [3.8, 4) is 5.75 Å². The Kier molecular flexibility index (Phi) is 21.9. The summed E-state index contributed by atoms with van der Waals surface area (Å²) >= 11 is 0. The number of phenols is 1. The molecule has 8 amide bonds. The number of nitrogens with two attached hydrogens (primary N) is 3. The predicted molar refractivity (Wildman–Crippen MR) is 285 cm³/mol. The van der Waals surface area contributed by atoms with Gasteiger partial charge in [0.15, 0.2) is 0 Å². The van der Waals surface area contributed by atoms with E-state index in [-0.39, 0.29) is 43.7 Å². The maximum absolute atomic E-state index is 14.8. The number of carbonyl (C=O) groups excluding carboxylic acids is 8. The zero-order valence-electron chi connectivity index (χ0n) is 42.2. The monoisotopic (exact) mass is 1080 g/mol. The van der Waals surface area contributed by atoms with E-state index < -0.39 is 113 Å². The van der Waals surface area contributed by atoms with E-state index in [9.17, 15) is 53.7 Å². The van der Waals surface area contributed by atoms with Crippen molar-refractivity contribution in [3.05, 3.63) is 102 Å². The van der Waals surface area contributed by atoms with Crippen LogP contribution >= 0.6 is 21.6 Å². The van der Waals surface area contributed by atoms with Gasteiger partial charge in [-0.2, -0.15) is 0 Å². The zero-order chi connectivity index (χ0) is 55.0. The van der Waals surface area contributed by atoms with Crippen molar-refractivity contribution in [1.29, 1.82) is 0 Å². The first-order valence-electron chi connectivity index (χ1n) is 24.5. The SMILES string of the molecule is C[C@@H](O)[C@H](NC(=O)C1NC(=O)[C@H]([C@@H](C)O)NC(=O)C(CCCCN)NC(=O)[C@@H](Cc2c[nH]c3ccccc23)NC(=O)C(Cc2ccc(O)cc2)NC(=O)C(NC(=O)[C@H](N)Cc2ccccc2)CSSC1(C)C)C(N)=O. The molecule has 0 saturated carbocycles. The highest BCUT2D eigenvalue weighted by atomic mass is 33.1. The molecule has 3 aromatic carbocycles. The third kappa shape index (κ3) is 17.2. The normalized spacial score (nSPS) is 22.9. The fourth-order valence-corrected chi connectivity index (χ4v) is 11.0. The van der Waals surface area contributed by atoms with Gasteiger partial charge in [0.05, 0.1) is 18.2 Å². The van der Waals surface area contributed by atoms with Gasteiger partial charge >= 0.3 is 0 Å². The Bertz CT molecular complexity index is 2620. The average molecular weight is 1080 g/mol. The molecular weight excluding hydrogens is 1010 g/mol. The fourth-order valence-electron chi connectivity index (χ4n) is 8.22. The molecule has 5 rings (SSSR count). The number of rotatable bonds is 17. The Balaban J connectivity index is 1.63. The van der Waals surface area contributed by atoms with Crippen molar-refractivity contribution in [2.45, 2.75) is 132 Å². The van der Waals surface area contributed by atoms with Gasteiger partial charge in [0.25, 0.3) is 0 Å². The minimum atomic E-state index is -1.75. The summed E-state index contributed by atoms with van der Waals surface area (Å²) in [5.41, 5.74) is 20.3. The number of hydrogen-bond acceptors (Lipinski definition) is 15. The number of aliphatic hydroxyl groups is 2. The van der Waals surface area contributed by atoms with Gasteiger partial charge in [-0.05, 0) is 94.8 Å². The Labute approximate surface area is 442 Å². The number of aromatic amines is 1. The number of hydrogen-bond donors (Lipinski definition) is 14. The summed E-state index contributed by atoms with van der Waals surface area (Å²) in [6, 6.07) is 10.2. The third-order valence-electron chi connectivity index (χ3n) is 12.5. The lowest BCUT2D eigenvalue weighted by Crippen LogP contribution is -2.65. The van der Waals surface area contributed by atoms with Gasteiger partial charge in [-0.15, -0.1) is 0 Å². The summed E-state index contributed by atoms with van der Waals surface area (Å²) < 4.78 is -1.42. The first-order valence-corrected chi connectivity index (χ1v) is 26.8. The number of para-hydroxylation sites is 1. The molecule has 0 aliphatic carbocycles. The lowest BCUT2D eigenvalue weighted by Gasteiger charge is -2.36. The highest BCUT2D eigenvalue weighted by Gasteiger charge is 2.43. The molecule has 17 N–H and O–H groups in total. The quantitative estimate of drug-likeness (QED) is 0.0454. The summed E-state index contributed by atoms with van der Waals surface area (Å²) in [4.78, 5) is 117.